The lowest BCUT2D eigenvalue weighted by Crippen LogP contribution is -2.30. The van der Waals surface area contributed by atoms with E-state index in [1.165, 1.54) is 19.3 Å². The van der Waals surface area contributed by atoms with Gasteiger partial charge in [-0.1, -0.05) is 19.3 Å². The Labute approximate surface area is 121 Å². The molecule has 0 unspecified atom stereocenters. The summed E-state index contributed by atoms with van der Waals surface area (Å²) in [7, 11) is -3.14. The molecule has 0 aliphatic heterocycles. The second kappa shape index (κ2) is 6.50. The van der Waals surface area contributed by atoms with E-state index in [4.69, 9.17) is 0 Å². The van der Waals surface area contributed by atoms with Gasteiger partial charge in [-0.3, -0.25) is 0 Å². The molecule has 0 amide bonds. The number of nitrogens with one attached hydrogen (secondary N) is 1. The first kappa shape index (κ1) is 14.5. The molecule has 0 spiro atoms. The van der Waals surface area contributed by atoms with E-state index in [1.807, 2.05) is 11.4 Å². The smallest absolute Gasteiger partial charge is 0.212 e. The summed E-state index contributed by atoms with van der Waals surface area (Å²) in [4.78, 5) is 1.03. The maximum atomic E-state index is 12.0. The Bertz CT molecular complexity index is 478. The van der Waals surface area contributed by atoms with Crippen LogP contribution in [-0.2, 0) is 16.6 Å². The van der Waals surface area contributed by atoms with Crippen molar-refractivity contribution < 1.29 is 8.42 Å². The molecule has 1 saturated carbocycles. The van der Waals surface area contributed by atoms with Gasteiger partial charge in [0.2, 0.25) is 10.0 Å². The van der Waals surface area contributed by atoms with Crippen molar-refractivity contribution in [3.63, 3.8) is 0 Å². The SMILES string of the molecule is O=S(=O)(CC1CCCCC1)NCc1sccc1Br. The predicted octanol–water partition coefficient (Wildman–Crippen LogP) is 3.51. The molecule has 1 aromatic heterocycles. The third-order valence-corrected chi connectivity index (χ3v) is 6.74. The zero-order valence-corrected chi connectivity index (χ0v) is 13.4. The second-order valence-corrected chi connectivity index (χ2v) is 8.50. The largest absolute Gasteiger partial charge is 0.212 e. The standard InChI is InChI=1S/C12H18BrNO2S2/c13-11-6-7-17-12(11)8-14-18(15,16)9-10-4-2-1-3-5-10/h6-7,10,14H,1-5,8-9H2. The number of halogens is 1. The van der Waals surface area contributed by atoms with Gasteiger partial charge in [0.1, 0.15) is 0 Å². The zero-order chi connectivity index (χ0) is 13.0. The van der Waals surface area contributed by atoms with E-state index in [2.05, 4.69) is 20.7 Å². The summed E-state index contributed by atoms with van der Waals surface area (Å²) in [6.07, 6.45) is 5.73. The van der Waals surface area contributed by atoms with Crippen LogP contribution >= 0.6 is 27.3 Å². The van der Waals surface area contributed by atoms with Crippen molar-refractivity contribution in [2.24, 2.45) is 5.92 Å². The van der Waals surface area contributed by atoms with Gasteiger partial charge >= 0.3 is 0 Å². The average Bonchev–Trinajstić information content (AvgIpc) is 2.73. The van der Waals surface area contributed by atoms with Gasteiger partial charge in [-0.15, -0.1) is 11.3 Å². The Morgan fingerprint density at radius 3 is 2.67 bits per heavy atom. The number of sulfonamides is 1. The molecule has 1 aliphatic rings. The number of hydrogen-bond acceptors (Lipinski definition) is 3. The van der Waals surface area contributed by atoms with E-state index in [0.29, 0.717) is 12.5 Å². The fourth-order valence-electron chi connectivity index (χ4n) is 2.35. The fraction of sp³-hybridized carbons (Fsp3) is 0.667. The Balaban J connectivity index is 1.85. The van der Waals surface area contributed by atoms with E-state index in [9.17, 15) is 8.42 Å². The van der Waals surface area contributed by atoms with Gasteiger partial charge in [0.05, 0.1) is 5.75 Å². The maximum Gasteiger partial charge on any atom is 0.212 e. The van der Waals surface area contributed by atoms with Gasteiger partial charge in [0, 0.05) is 15.9 Å². The van der Waals surface area contributed by atoms with Crippen molar-refractivity contribution in [1.82, 2.24) is 4.72 Å². The highest BCUT2D eigenvalue weighted by Crippen LogP contribution is 2.25. The molecule has 1 aromatic rings. The molecule has 102 valence electrons. The third kappa shape index (κ3) is 4.33. The van der Waals surface area contributed by atoms with Crippen molar-refractivity contribution in [2.75, 3.05) is 5.75 Å². The lowest BCUT2D eigenvalue weighted by molar-refractivity contribution is 0.384. The quantitative estimate of drug-likeness (QED) is 0.882. The van der Waals surface area contributed by atoms with Gasteiger partial charge in [-0.05, 0) is 46.1 Å². The van der Waals surface area contributed by atoms with Crippen molar-refractivity contribution >= 4 is 37.3 Å². The molecular formula is C12H18BrNO2S2. The van der Waals surface area contributed by atoms with Crippen LogP contribution in [-0.4, -0.2) is 14.2 Å². The van der Waals surface area contributed by atoms with Gasteiger partial charge in [0.25, 0.3) is 0 Å². The first-order valence-corrected chi connectivity index (χ1v) is 9.58. The van der Waals surface area contributed by atoms with Gasteiger partial charge < -0.3 is 0 Å². The Morgan fingerprint density at radius 1 is 1.33 bits per heavy atom. The number of rotatable bonds is 5. The molecule has 2 rings (SSSR count). The maximum absolute atomic E-state index is 12.0. The van der Waals surface area contributed by atoms with Crippen molar-refractivity contribution in [1.29, 1.82) is 0 Å². The molecule has 1 aliphatic carbocycles. The Morgan fingerprint density at radius 2 is 2.06 bits per heavy atom. The van der Waals surface area contributed by atoms with E-state index in [0.717, 1.165) is 22.2 Å². The molecule has 0 aromatic carbocycles. The molecule has 0 saturated heterocycles. The predicted molar refractivity (Wildman–Crippen MR) is 79.2 cm³/mol. The normalized spacial score (nSPS) is 18.1. The minimum Gasteiger partial charge on any atom is -0.212 e. The second-order valence-electron chi connectivity index (χ2n) is 4.80. The summed E-state index contributed by atoms with van der Waals surface area (Å²) < 4.78 is 27.6. The van der Waals surface area contributed by atoms with Crippen molar-refractivity contribution in [3.05, 3.63) is 20.8 Å². The summed E-state index contributed by atoms with van der Waals surface area (Å²) in [5.74, 6) is 0.638. The minimum atomic E-state index is -3.14. The van der Waals surface area contributed by atoms with Crippen LogP contribution in [0.25, 0.3) is 0 Å². The summed E-state index contributed by atoms with van der Waals surface area (Å²) in [6, 6.07) is 1.94. The van der Waals surface area contributed by atoms with Crippen LogP contribution in [0, 0.1) is 5.92 Å². The summed E-state index contributed by atoms with van der Waals surface area (Å²) in [6.45, 7) is 0.396. The molecule has 18 heavy (non-hydrogen) atoms. The highest BCUT2D eigenvalue weighted by Gasteiger charge is 2.21. The molecule has 1 N–H and O–H groups in total. The topological polar surface area (TPSA) is 46.2 Å². The molecular weight excluding hydrogens is 334 g/mol. The van der Waals surface area contributed by atoms with Crippen LogP contribution in [0.5, 0.6) is 0 Å². The van der Waals surface area contributed by atoms with E-state index in [-0.39, 0.29) is 5.75 Å². The van der Waals surface area contributed by atoms with Gasteiger partial charge in [-0.25, -0.2) is 13.1 Å². The highest BCUT2D eigenvalue weighted by molar-refractivity contribution is 9.10. The van der Waals surface area contributed by atoms with Crippen molar-refractivity contribution in [3.8, 4) is 0 Å². The summed E-state index contributed by atoms with van der Waals surface area (Å²) in [5.41, 5.74) is 0. The molecule has 6 heteroatoms. The third-order valence-electron chi connectivity index (χ3n) is 3.32. The summed E-state index contributed by atoms with van der Waals surface area (Å²) >= 11 is 4.97. The van der Waals surface area contributed by atoms with Crippen LogP contribution in [0.2, 0.25) is 0 Å². The number of thiophene rings is 1. The average molecular weight is 352 g/mol. The lowest BCUT2D eigenvalue weighted by atomic mass is 9.91. The molecule has 3 nitrogen and oxygen atoms in total. The van der Waals surface area contributed by atoms with E-state index >= 15 is 0 Å². The van der Waals surface area contributed by atoms with Crippen molar-refractivity contribution in [2.45, 2.75) is 38.6 Å². The summed E-state index contributed by atoms with van der Waals surface area (Å²) in [5, 5.41) is 1.95. The molecule has 0 bridgehead atoms. The number of hydrogen-bond donors (Lipinski definition) is 1. The monoisotopic (exact) mass is 351 g/mol. The van der Waals surface area contributed by atoms with Crippen LogP contribution < -0.4 is 4.72 Å². The lowest BCUT2D eigenvalue weighted by Gasteiger charge is -2.21. The first-order valence-electron chi connectivity index (χ1n) is 6.26. The van der Waals surface area contributed by atoms with Gasteiger partial charge in [-0.2, -0.15) is 0 Å². The van der Waals surface area contributed by atoms with Gasteiger partial charge in [0.15, 0.2) is 0 Å². The van der Waals surface area contributed by atoms with Crippen LogP contribution in [0.15, 0.2) is 15.9 Å². The first-order chi connectivity index (χ1) is 8.57. The highest BCUT2D eigenvalue weighted by atomic mass is 79.9. The Kier molecular flexibility index (Phi) is 5.24. The van der Waals surface area contributed by atoms with E-state index < -0.39 is 10.0 Å². The fourth-order valence-corrected chi connectivity index (χ4v) is 5.31. The minimum absolute atomic E-state index is 0.288. The molecule has 1 heterocycles. The molecule has 1 fully saturated rings. The van der Waals surface area contributed by atoms with E-state index in [1.54, 1.807) is 11.3 Å². The zero-order valence-electron chi connectivity index (χ0n) is 10.2. The van der Waals surface area contributed by atoms with Crippen LogP contribution in [0.3, 0.4) is 0 Å². The Hall–Kier alpha value is 0.0900. The van der Waals surface area contributed by atoms with Crippen LogP contribution in [0.1, 0.15) is 37.0 Å². The van der Waals surface area contributed by atoms with Crippen LogP contribution in [0.4, 0.5) is 0 Å². The molecule has 0 radical (unpaired) electrons. The molecule has 0 atom stereocenters.